The number of hydrogen-bond donors (Lipinski definition) is 1. The van der Waals surface area contributed by atoms with E-state index < -0.39 is 0 Å². The van der Waals surface area contributed by atoms with Crippen molar-refractivity contribution in [3.8, 4) is 5.69 Å². The average Bonchev–Trinajstić information content (AvgIpc) is 3.33. The number of anilines is 2. The van der Waals surface area contributed by atoms with E-state index in [4.69, 9.17) is 0 Å². The number of aryl methyl sites for hydroxylation is 1. The molecule has 1 aliphatic rings. The summed E-state index contributed by atoms with van der Waals surface area (Å²) in [5.74, 6) is -0.541. The molecule has 1 N–H and O–H groups in total. The lowest BCUT2D eigenvalue weighted by molar-refractivity contribution is -0.122. The molecule has 2 aromatic carbocycles. The van der Waals surface area contributed by atoms with Crippen molar-refractivity contribution in [2.75, 3.05) is 16.8 Å². The summed E-state index contributed by atoms with van der Waals surface area (Å²) < 4.78 is 1.64. The minimum absolute atomic E-state index is 0.0273. The Labute approximate surface area is 156 Å². The van der Waals surface area contributed by atoms with Crippen molar-refractivity contribution >= 4 is 23.2 Å². The second-order valence-corrected chi connectivity index (χ2v) is 6.62. The fourth-order valence-corrected chi connectivity index (χ4v) is 3.14. The van der Waals surface area contributed by atoms with Crippen LogP contribution in [-0.4, -0.2) is 33.1 Å². The molecule has 1 aromatic heterocycles. The zero-order valence-electron chi connectivity index (χ0n) is 14.9. The summed E-state index contributed by atoms with van der Waals surface area (Å²) in [6, 6.07) is 15.1. The second kappa shape index (κ2) is 7.03. The highest BCUT2D eigenvalue weighted by Crippen LogP contribution is 2.26. The Morgan fingerprint density at radius 2 is 1.78 bits per heavy atom. The van der Waals surface area contributed by atoms with Gasteiger partial charge in [-0.2, -0.15) is 5.10 Å². The molecule has 4 rings (SSSR count). The fourth-order valence-electron chi connectivity index (χ4n) is 3.14. The third-order valence-corrected chi connectivity index (χ3v) is 4.66. The lowest BCUT2D eigenvalue weighted by atomic mass is 10.1. The van der Waals surface area contributed by atoms with E-state index in [2.05, 4.69) is 15.4 Å². The predicted molar refractivity (Wildman–Crippen MR) is 102 cm³/mol. The maximum Gasteiger partial charge on any atom is 0.229 e. The van der Waals surface area contributed by atoms with E-state index >= 15 is 0 Å². The topological polar surface area (TPSA) is 80.1 Å². The Hall–Kier alpha value is -3.48. The Morgan fingerprint density at radius 3 is 2.44 bits per heavy atom. The van der Waals surface area contributed by atoms with E-state index in [1.54, 1.807) is 15.9 Å². The number of rotatable bonds is 4. The Bertz CT molecular complexity index is 949. The lowest BCUT2D eigenvalue weighted by Gasteiger charge is -2.17. The highest BCUT2D eigenvalue weighted by molar-refractivity contribution is 6.03. The van der Waals surface area contributed by atoms with Gasteiger partial charge in [0.25, 0.3) is 0 Å². The van der Waals surface area contributed by atoms with E-state index in [-0.39, 0.29) is 24.2 Å². The van der Waals surface area contributed by atoms with Crippen LogP contribution in [0.15, 0.2) is 61.2 Å². The maximum atomic E-state index is 12.6. The highest BCUT2D eigenvalue weighted by atomic mass is 16.2. The maximum absolute atomic E-state index is 12.6. The molecule has 1 atom stereocenters. The van der Waals surface area contributed by atoms with Crippen LogP contribution in [0.5, 0.6) is 0 Å². The molecule has 7 nitrogen and oxygen atoms in total. The van der Waals surface area contributed by atoms with Crippen LogP contribution in [0.4, 0.5) is 11.4 Å². The largest absolute Gasteiger partial charge is 0.326 e. The zero-order chi connectivity index (χ0) is 18.8. The molecular weight excluding hydrogens is 342 g/mol. The van der Waals surface area contributed by atoms with E-state index in [1.165, 1.54) is 6.33 Å². The Kier molecular flexibility index (Phi) is 4.42. The van der Waals surface area contributed by atoms with Crippen LogP contribution in [0.1, 0.15) is 12.0 Å². The van der Waals surface area contributed by atoms with Crippen LogP contribution in [0, 0.1) is 12.8 Å². The van der Waals surface area contributed by atoms with Crippen LogP contribution in [0.2, 0.25) is 0 Å². The number of carbonyl (C=O) groups is 2. The highest BCUT2D eigenvalue weighted by Gasteiger charge is 2.35. The number of aromatic nitrogens is 3. The zero-order valence-corrected chi connectivity index (χ0v) is 14.9. The number of nitrogens with zero attached hydrogens (tertiary/aromatic N) is 4. The number of carbonyl (C=O) groups excluding carboxylic acids is 2. The van der Waals surface area contributed by atoms with Crippen molar-refractivity contribution in [3.63, 3.8) is 0 Å². The molecule has 7 heteroatoms. The van der Waals surface area contributed by atoms with Crippen LogP contribution >= 0.6 is 0 Å². The first kappa shape index (κ1) is 17.0. The van der Waals surface area contributed by atoms with E-state index in [9.17, 15) is 9.59 Å². The van der Waals surface area contributed by atoms with Gasteiger partial charge in [0.15, 0.2) is 0 Å². The molecule has 0 saturated carbocycles. The van der Waals surface area contributed by atoms with Gasteiger partial charge in [0.1, 0.15) is 12.7 Å². The van der Waals surface area contributed by atoms with Gasteiger partial charge in [-0.1, -0.05) is 17.7 Å². The van der Waals surface area contributed by atoms with E-state index in [0.29, 0.717) is 12.2 Å². The fraction of sp³-hybridized carbons (Fsp3) is 0.200. The monoisotopic (exact) mass is 361 g/mol. The minimum atomic E-state index is -0.367. The standard InChI is InChI=1S/C20H19N5O2/c1-14-2-6-17(7-3-14)24-11-15(10-19(24)26)20(27)23-16-4-8-18(9-5-16)25-13-21-12-22-25/h2-9,12-13,15H,10-11H2,1H3,(H,23,27). The van der Waals surface area contributed by atoms with Crippen molar-refractivity contribution in [2.45, 2.75) is 13.3 Å². The van der Waals surface area contributed by atoms with Gasteiger partial charge in [-0.05, 0) is 43.3 Å². The van der Waals surface area contributed by atoms with Gasteiger partial charge in [0, 0.05) is 24.3 Å². The van der Waals surface area contributed by atoms with Gasteiger partial charge in [-0.25, -0.2) is 9.67 Å². The second-order valence-electron chi connectivity index (χ2n) is 6.62. The van der Waals surface area contributed by atoms with Crippen LogP contribution < -0.4 is 10.2 Å². The minimum Gasteiger partial charge on any atom is -0.326 e. The molecule has 0 radical (unpaired) electrons. The van der Waals surface area contributed by atoms with Crippen molar-refractivity contribution in [1.82, 2.24) is 14.8 Å². The van der Waals surface area contributed by atoms with Gasteiger partial charge in [-0.3, -0.25) is 9.59 Å². The quantitative estimate of drug-likeness (QED) is 0.774. The SMILES string of the molecule is Cc1ccc(N2CC(C(=O)Nc3ccc(-n4cncn4)cc3)CC2=O)cc1. The Balaban J connectivity index is 1.41. The first-order valence-electron chi connectivity index (χ1n) is 8.73. The van der Waals surface area contributed by atoms with E-state index in [1.807, 2.05) is 55.5 Å². The van der Waals surface area contributed by atoms with Crippen molar-refractivity contribution in [3.05, 3.63) is 66.7 Å². The van der Waals surface area contributed by atoms with Crippen LogP contribution in [0.3, 0.4) is 0 Å². The van der Waals surface area contributed by atoms with Gasteiger partial charge in [0.05, 0.1) is 11.6 Å². The molecule has 0 aliphatic carbocycles. The molecule has 1 fully saturated rings. The summed E-state index contributed by atoms with van der Waals surface area (Å²) in [7, 11) is 0. The summed E-state index contributed by atoms with van der Waals surface area (Å²) in [6.45, 7) is 2.39. The predicted octanol–water partition coefficient (Wildman–Crippen LogP) is 2.57. The van der Waals surface area contributed by atoms with Gasteiger partial charge in [0.2, 0.25) is 11.8 Å². The van der Waals surface area contributed by atoms with Gasteiger partial charge >= 0.3 is 0 Å². The molecule has 0 bridgehead atoms. The number of benzene rings is 2. The molecule has 136 valence electrons. The van der Waals surface area contributed by atoms with Crippen molar-refractivity contribution < 1.29 is 9.59 Å². The first-order valence-corrected chi connectivity index (χ1v) is 8.73. The summed E-state index contributed by atoms with van der Waals surface area (Å²) >= 11 is 0. The van der Waals surface area contributed by atoms with Gasteiger partial charge in [-0.15, -0.1) is 0 Å². The summed E-state index contributed by atoms with van der Waals surface area (Å²) in [5.41, 5.74) is 3.50. The lowest BCUT2D eigenvalue weighted by Crippen LogP contribution is -2.28. The molecule has 1 unspecified atom stereocenters. The normalized spacial score (nSPS) is 16.6. The van der Waals surface area contributed by atoms with Crippen molar-refractivity contribution in [2.24, 2.45) is 5.92 Å². The number of hydrogen-bond acceptors (Lipinski definition) is 4. The molecule has 27 heavy (non-hydrogen) atoms. The molecule has 0 spiro atoms. The third kappa shape index (κ3) is 3.57. The number of nitrogens with one attached hydrogen (secondary N) is 1. The average molecular weight is 361 g/mol. The third-order valence-electron chi connectivity index (χ3n) is 4.66. The molecule has 3 aromatic rings. The van der Waals surface area contributed by atoms with E-state index in [0.717, 1.165) is 16.9 Å². The van der Waals surface area contributed by atoms with Crippen LogP contribution in [0.25, 0.3) is 5.69 Å². The molecule has 2 heterocycles. The molecule has 1 aliphatic heterocycles. The Morgan fingerprint density at radius 1 is 1.07 bits per heavy atom. The van der Waals surface area contributed by atoms with Crippen molar-refractivity contribution in [1.29, 1.82) is 0 Å². The smallest absolute Gasteiger partial charge is 0.229 e. The molecular formula is C20H19N5O2. The summed E-state index contributed by atoms with van der Waals surface area (Å²) in [4.78, 5) is 30.5. The number of amides is 2. The first-order chi connectivity index (χ1) is 13.1. The van der Waals surface area contributed by atoms with Gasteiger partial charge < -0.3 is 10.2 Å². The van der Waals surface area contributed by atoms with Crippen LogP contribution in [-0.2, 0) is 9.59 Å². The summed E-state index contributed by atoms with van der Waals surface area (Å²) in [5, 5.41) is 6.96. The summed E-state index contributed by atoms with van der Waals surface area (Å²) in [6.07, 6.45) is 3.29. The molecule has 2 amide bonds. The molecule has 1 saturated heterocycles.